The van der Waals surface area contributed by atoms with Gasteiger partial charge < -0.3 is 14.9 Å². The Labute approximate surface area is 102 Å². The lowest BCUT2D eigenvalue weighted by Crippen LogP contribution is -2.13. The molecule has 0 saturated heterocycles. The van der Waals surface area contributed by atoms with Crippen molar-refractivity contribution in [3.8, 4) is 23.0 Å². The number of rotatable bonds is 0. The van der Waals surface area contributed by atoms with Gasteiger partial charge in [-0.2, -0.15) is 0 Å². The number of aromatic hydroxyl groups is 2. The monoisotopic (exact) mass is 236 g/mol. The zero-order valence-electron chi connectivity index (χ0n) is 11.3. The van der Waals surface area contributed by atoms with E-state index in [1.54, 1.807) is 0 Å². The van der Waals surface area contributed by atoms with Gasteiger partial charge in [-0.3, -0.25) is 0 Å². The zero-order chi connectivity index (χ0) is 13.2. The molecule has 2 rings (SSSR count). The molecule has 0 aromatic heterocycles. The maximum absolute atomic E-state index is 10.2. The second kappa shape index (κ2) is 3.09. The number of hydrogen-bond acceptors (Lipinski definition) is 3. The summed E-state index contributed by atoms with van der Waals surface area (Å²) in [5.74, 6) is 1.38. The Morgan fingerprint density at radius 1 is 0.706 bits per heavy atom. The van der Waals surface area contributed by atoms with Crippen molar-refractivity contribution in [2.75, 3.05) is 0 Å². The highest BCUT2D eigenvalue weighted by Crippen LogP contribution is 2.63. The molecule has 1 aromatic rings. The molecule has 0 amide bonds. The lowest BCUT2D eigenvalue weighted by Gasteiger charge is -2.23. The summed E-state index contributed by atoms with van der Waals surface area (Å²) in [6, 6.07) is 0. The van der Waals surface area contributed by atoms with Crippen molar-refractivity contribution >= 4 is 0 Å². The first-order chi connectivity index (χ1) is 7.55. The molecule has 1 aliphatic heterocycles. The van der Waals surface area contributed by atoms with Crippen LogP contribution in [0.2, 0.25) is 0 Å². The molecule has 1 heterocycles. The van der Waals surface area contributed by atoms with E-state index in [1.807, 2.05) is 41.5 Å². The summed E-state index contributed by atoms with van der Waals surface area (Å²) in [4.78, 5) is 0. The summed E-state index contributed by atoms with van der Waals surface area (Å²) < 4.78 is 5.49. The fraction of sp³-hybridized carbons (Fsp3) is 0.571. The fourth-order valence-corrected chi connectivity index (χ4v) is 2.25. The molecule has 94 valence electrons. The fourth-order valence-electron chi connectivity index (χ4n) is 2.25. The third kappa shape index (κ3) is 1.74. The van der Waals surface area contributed by atoms with E-state index in [0.29, 0.717) is 11.1 Å². The maximum Gasteiger partial charge on any atom is 0.178 e. The van der Waals surface area contributed by atoms with E-state index in [2.05, 4.69) is 0 Å². The van der Waals surface area contributed by atoms with Crippen molar-refractivity contribution < 1.29 is 14.9 Å². The first kappa shape index (κ1) is 12.1. The van der Waals surface area contributed by atoms with Gasteiger partial charge in [-0.05, 0) is 10.8 Å². The number of ether oxygens (including phenoxy) is 1. The van der Waals surface area contributed by atoms with Crippen LogP contribution in [0.1, 0.15) is 52.7 Å². The van der Waals surface area contributed by atoms with Crippen LogP contribution in [0.3, 0.4) is 0 Å². The SMILES string of the molecule is CC(C)(C)c1c(O)c(O)c(C(C)(C)C)c2c1O2. The Morgan fingerprint density at radius 2 is 1.00 bits per heavy atom. The second-order valence-electron chi connectivity index (χ2n) is 6.71. The molecular weight excluding hydrogens is 216 g/mol. The number of fused-ring (bicyclic) bond motifs is 1. The van der Waals surface area contributed by atoms with Crippen LogP contribution in [-0.4, -0.2) is 10.2 Å². The molecule has 3 nitrogen and oxygen atoms in total. The maximum atomic E-state index is 10.2. The van der Waals surface area contributed by atoms with Gasteiger partial charge in [0, 0.05) is 11.1 Å². The lowest BCUT2D eigenvalue weighted by atomic mass is 9.81. The van der Waals surface area contributed by atoms with Gasteiger partial charge in [0.15, 0.2) is 23.0 Å². The Balaban J connectivity index is 2.72. The standard InChI is InChI=1S/C14H20O3/c1-13(2,3)7-9(15)10(16)8(14(4,5)6)12-11(7)17-12/h15-16H,1-6H3. The molecule has 0 fully saturated rings. The topological polar surface area (TPSA) is 53.0 Å². The number of benzene rings is 1. The normalized spacial score (nSPS) is 14.2. The molecule has 0 saturated carbocycles. The first-order valence-corrected chi connectivity index (χ1v) is 5.86. The van der Waals surface area contributed by atoms with Crippen LogP contribution >= 0.6 is 0 Å². The van der Waals surface area contributed by atoms with E-state index >= 15 is 0 Å². The van der Waals surface area contributed by atoms with Gasteiger partial charge in [0.25, 0.3) is 0 Å². The van der Waals surface area contributed by atoms with Gasteiger partial charge in [-0.25, -0.2) is 0 Å². The molecule has 0 bridgehead atoms. The van der Waals surface area contributed by atoms with E-state index in [-0.39, 0.29) is 22.3 Å². The van der Waals surface area contributed by atoms with Crippen LogP contribution in [0.5, 0.6) is 23.0 Å². The summed E-state index contributed by atoms with van der Waals surface area (Å²) >= 11 is 0. The van der Waals surface area contributed by atoms with E-state index in [9.17, 15) is 10.2 Å². The molecule has 0 radical (unpaired) electrons. The average Bonchev–Trinajstić information content (AvgIpc) is 2.78. The third-order valence-electron chi connectivity index (χ3n) is 3.02. The van der Waals surface area contributed by atoms with Gasteiger partial charge in [0.05, 0.1) is 0 Å². The molecule has 1 aromatic carbocycles. The molecule has 0 aliphatic carbocycles. The average molecular weight is 236 g/mol. The number of hydrogen-bond donors (Lipinski definition) is 2. The Hall–Kier alpha value is -1.38. The summed E-state index contributed by atoms with van der Waals surface area (Å²) in [5.41, 5.74) is 0.882. The first-order valence-electron chi connectivity index (χ1n) is 5.86. The van der Waals surface area contributed by atoms with E-state index in [1.165, 1.54) is 0 Å². The van der Waals surface area contributed by atoms with E-state index in [0.717, 1.165) is 11.5 Å². The highest BCUT2D eigenvalue weighted by molar-refractivity contribution is 5.76. The molecular formula is C14H20O3. The minimum Gasteiger partial charge on any atom is -0.504 e. The van der Waals surface area contributed by atoms with Crippen LogP contribution in [0, 0.1) is 0 Å². The molecule has 0 unspecified atom stereocenters. The van der Waals surface area contributed by atoms with Crippen molar-refractivity contribution in [3.05, 3.63) is 11.1 Å². The van der Waals surface area contributed by atoms with Crippen LogP contribution in [-0.2, 0) is 10.8 Å². The smallest absolute Gasteiger partial charge is 0.178 e. The van der Waals surface area contributed by atoms with Crippen LogP contribution in [0.25, 0.3) is 0 Å². The predicted octanol–water partition coefficient (Wildman–Crippen LogP) is 3.80. The van der Waals surface area contributed by atoms with Gasteiger partial charge in [-0.15, -0.1) is 0 Å². The molecule has 2 N–H and O–H groups in total. The third-order valence-corrected chi connectivity index (χ3v) is 3.02. The van der Waals surface area contributed by atoms with Crippen LogP contribution in [0.4, 0.5) is 0 Å². The Morgan fingerprint density at radius 3 is 1.24 bits per heavy atom. The zero-order valence-corrected chi connectivity index (χ0v) is 11.3. The second-order valence-corrected chi connectivity index (χ2v) is 6.71. The molecule has 3 heteroatoms. The Kier molecular flexibility index (Phi) is 2.20. The molecule has 0 atom stereocenters. The van der Waals surface area contributed by atoms with Gasteiger partial charge in [0.2, 0.25) is 0 Å². The summed E-state index contributed by atoms with van der Waals surface area (Å²) in [7, 11) is 0. The van der Waals surface area contributed by atoms with Crippen molar-refractivity contribution in [1.29, 1.82) is 0 Å². The lowest BCUT2D eigenvalue weighted by molar-refractivity contribution is 0.378. The molecule has 17 heavy (non-hydrogen) atoms. The largest absolute Gasteiger partial charge is 0.504 e. The summed E-state index contributed by atoms with van der Waals surface area (Å²) in [6.45, 7) is 11.9. The van der Waals surface area contributed by atoms with Crippen molar-refractivity contribution in [3.63, 3.8) is 0 Å². The highest BCUT2D eigenvalue weighted by Gasteiger charge is 2.42. The van der Waals surface area contributed by atoms with E-state index < -0.39 is 0 Å². The predicted molar refractivity (Wildman–Crippen MR) is 67.2 cm³/mol. The van der Waals surface area contributed by atoms with Crippen molar-refractivity contribution in [2.45, 2.75) is 52.4 Å². The van der Waals surface area contributed by atoms with Gasteiger partial charge >= 0.3 is 0 Å². The van der Waals surface area contributed by atoms with Crippen LogP contribution < -0.4 is 4.74 Å². The number of phenols is 2. The summed E-state index contributed by atoms with van der Waals surface area (Å²) in [5, 5.41) is 20.3. The molecule has 1 aliphatic rings. The summed E-state index contributed by atoms with van der Waals surface area (Å²) in [6.07, 6.45) is 0. The minimum absolute atomic E-state index is 0.0429. The highest BCUT2D eigenvalue weighted by atomic mass is 16.6. The van der Waals surface area contributed by atoms with Gasteiger partial charge in [0.1, 0.15) is 0 Å². The van der Waals surface area contributed by atoms with Crippen LogP contribution in [0.15, 0.2) is 0 Å². The van der Waals surface area contributed by atoms with Crippen molar-refractivity contribution in [2.24, 2.45) is 0 Å². The van der Waals surface area contributed by atoms with E-state index in [4.69, 9.17) is 4.74 Å². The molecule has 0 spiro atoms. The minimum atomic E-state index is -0.251. The quantitative estimate of drug-likeness (QED) is 0.540. The van der Waals surface area contributed by atoms with Crippen molar-refractivity contribution in [1.82, 2.24) is 0 Å². The van der Waals surface area contributed by atoms with Gasteiger partial charge in [-0.1, -0.05) is 41.5 Å². The number of phenolic OH excluding ortho intramolecular Hbond substituents is 2. The Bertz CT molecular complexity index is 443.